The van der Waals surface area contributed by atoms with E-state index in [2.05, 4.69) is 32.6 Å². The first-order chi connectivity index (χ1) is 6.47. The highest BCUT2D eigenvalue weighted by Crippen LogP contribution is 2.22. The summed E-state index contributed by atoms with van der Waals surface area (Å²) in [7, 11) is -1.32. The molecule has 0 bridgehead atoms. The largest absolute Gasteiger partial charge is 0.415 e. The first kappa shape index (κ1) is 12.0. The zero-order valence-corrected chi connectivity index (χ0v) is 11.1. The fourth-order valence-electron chi connectivity index (χ4n) is 1.95. The summed E-state index contributed by atoms with van der Waals surface area (Å²) in [6.07, 6.45) is 9.19. The third-order valence-electron chi connectivity index (χ3n) is 2.60. The number of rotatable bonds is 2. The second kappa shape index (κ2) is 5.13. The van der Waals surface area contributed by atoms with Gasteiger partial charge in [0, 0.05) is 6.10 Å². The van der Waals surface area contributed by atoms with E-state index in [4.69, 9.17) is 4.43 Å². The summed E-state index contributed by atoms with van der Waals surface area (Å²) in [6.45, 7) is 9.11. The second-order valence-corrected chi connectivity index (χ2v) is 9.83. The lowest BCUT2D eigenvalue weighted by Crippen LogP contribution is -2.32. The van der Waals surface area contributed by atoms with Crippen LogP contribution < -0.4 is 0 Å². The van der Waals surface area contributed by atoms with Gasteiger partial charge in [-0.15, -0.1) is 0 Å². The molecule has 0 aromatic carbocycles. The average Bonchev–Trinajstić information content (AvgIpc) is 2.02. The molecule has 1 unspecified atom stereocenters. The zero-order chi connectivity index (χ0) is 10.6. The maximum atomic E-state index is 6.17. The molecule has 1 atom stereocenters. The maximum absolute atomic E-state index is 6.17. The molecule has 0 fully saturated rings. The van der Waals surface area contributed by atoms with E-state index in [-0.39, 0.29) is 0 Å². The molecular formula is C12H24OSi. The molecule has 0 aromatic heterocycles. The quantitative estimate of drug-likeness (QED) is 0.494. The molecule has 0 saturated heterocycles. The van der Waals surface area contributed by atoms with E-state index in [1.807, 2.05) is 0 Å². The van der Waals surface area contributed by atoms with Crippen LogP contribution in [0.3, 0.4) is 0 Å². The van der Waals surface area contributed by atoms with Crippen molar-refractivity contribution >= 4 is 8.32 Å². The molecule has 1 aliphatic rings. The summed E-state index contributed by atoms with van der Waals surface area (Å²) in [4.78, 5) is 0. The lowest BCUT2D eigenvalue weighted by atomic mass is 9.99. The van der Waals surface area contributed by atoms with Gasteiger partial charge in [0.1, 0.15) is 0 Å². The molecule has 0 radical (unpaired) electrons. The lowest BCUT2D eigenvalue weighted by molar-refractivity contribution is 0.169. The number of allylic oxidation sites excluding steroid dienone is 2. The molecule has 82 valence electrons. The van der Waals surface area contributed by atoms with Crippen LogP contribution in [0.4, 0.5) is 0 Å². The van der Waals surface area contributed by atoms with Crippen LogP contribution in [-0.4, -0.2) is 14.4 Å². The Labute approximate surface area is 89.7 Å². The molecule has 1 aliphatic carbocycles. The van der Waals surface area contributed by atoms with E-state index in [1.54, 1.807) is 5.57 Å². The van der Waals surface area contributed by atoms with Gasteiger partial charge in [0.2, 0.25) is 0 Å². The van der Waals surface area contributed by atoms with Crippen molar-refractivity contribution < 1.29 is 4.43 Å². The van der Waals surface area contributed by atoms with E-state index in [9.17, 15) is 0 Å². The van der Waals surface area contributed by atoms with Gasteiger partial charge in [0.05, 0.1) is 0 Å². The molecule has 0 aromatic rings. The van der Waals surface area contributed by atoms with Crippen LogP contribution in [0.25, 0.3) is 0 Å². The van der Waals surface area contributed by atoms with Crippen LogP contribution in [-0.2, 0) is 4.43 Å². The van der Waals surface area contributed by atoms with Crippen LogP contribution in [0.1, 0.15) is 39.0 Å². The Morgan fingerprint density at radius 1 is 1.29 bits per heavy atom. The van der Waals surface area contributed by atoms with E-state index in [0.29, 0.717) is 6.10 Å². The molecule has 0 N–H and O–H groups in total. The third-order valence-corrected chi connectivity index (χ3v) is 3.64. The Morgan fingerprint density at radius 3 is 2.64 bits per heavy atom. The van der Waals surface area contributed by atoms with Gasteiger partial charge < -0.3 is 4.43 Å². The highest BCUT2D eigenvalue weighted by atomic mass is 28.4. The van der Waals surface area contributed by atoms with Crippen molar-refractivity contribution in [2.75, 3.05) is 0 Å². The molecule has 0 spiro atoms. The van der Waals surface area contributed by atoms with Gasteiger partial charge >= 0.3 is 0 Å². The number of hydrogen-bond donors (Lipinski definition) is 0. The third kappa shape index (κ3) is 4.96. The Bertz CT molecular complexity index is 203. The Kier molecular flexibility index (Phi) is 4.39. The van der Waals surface area contributed by atoms with Gasteiger partial charge in [0.15, 0.2) is 8.32 Å². The minimum atomic E-state index is -1.32. The Hall–Kier alpha value is -0.0831. The Balaban J connectivity index is 2.43. The first-order valence-electron chi connectivity index (χ1n) is 5.81. The van der Waals surface area contributed by atoms with E-state index in [1.165, 1.54) is 32.1 Å². The molecule has 0 aliphatic heterocycles. The number of hydrogen-bond acceptors (Lipinski definition) is 1. The fourth-order valence-corrected chi connectivity index (χ4v) is 3.18. The van der Waals surface area contributed by atoms with Crippen LogP contribution in [0.5, 0.6) is 0 Å². The summed E-state index contributed by atoms with van der Waals surface area (Å²) in [5.74, 6) is 0. The van der Waals surface area contributed by atoms with Gasteiger partial charge in [-0.3, -0.25) is 0 Å². The first-order valence-corrected chi connectivity index (χ1v) is 9.22. The predicted molar refractivity (Wildman–Crippen MR) is 65.1 cm³/mol. The minimum absolute atomic E-state index is 0.533. The summed E-state index contributed by atoms with van der Waals surface area (Å²) in [5.41, 5.74) is 1.55. The minimum Gasteiger partial charge on any atom is -0.415 e. The highest BCUT2D eigenvalue weighted by molar-refractivity contribution is 6.69. The second-order valence-electron chi connectivity index (χ2n) is 5.37. The summed E-state index contributed by atoms with van der Waals surface area (Å²) >= 11 is 0. The molecular weight excluding hydrogens is 188 g/mol. The molecule has 0 amide bonds. The smallest absolute Gasteiger partial charge is 0.184 e. The topological polar surface area (TPSA) is 9.23 Å². The van der Waals surface area contributed by atoms with Gasteiger partial charge in [-0.25, -0.2) is 0 Å². The van der Waals surface area contributed by atoms with Crippen molar-refractivity contribution in [3.8, 4) is 0 Å². The monoisotopic (exact) mass is 212 g/mol. The predicted octanol–water partition coefficient (Wildman–Crippen LogP) is 4.12. The van der Waals surface area contributed by atoms with Crippen molar-refractivity contribution in [3.63, 3.8) is 0 Å². The van der Waals surface area contributed by atoms with Gasteiger partial charge in [-0.1, -0.05) is 11.6 Å². The van der Waals surface area contributed by atoms with E-state index < -0.39 is 8.32 Å². The van der Waals surface area contributed by atoms with Crippen molar-refractivity contribution in [1.29, 1.82) is 0 Å². The standard InChI is InChI=1S/C12H24OSi/c1-11-7-5-6-8-12(10-9-11)13-14(2,3)4/h7,12H,5-6,8-10H2,1-4H3. The van der Waals surface area contributed by atoms with Crippen molar-refractivity contribution in [2.45, 2.75) is 64.8 Å². The zero-order valence-electron chi connectivity index (χ0n) is 10.1. The van der Waals surface area contributed by atoms with Gasteiger partial charge in [-0.05, 0) is 58.7 Å². The average molecular weight is 212 g/mol. The van der Waals surface area contributed by atoms with Crippen LogP contribution in [0, 0.1) is 0 Å². The molecule has 0 heterocycles. The fraction of sp³-hybridized carbons (Fsp3) is 0.833. The maximum Gasteiger partial charge on any atom is 0.184 e. The van der Waals surface area contributed by atoms with Crippen LogP contribution >= 0.6 is 0 Å². The molecule has 14 heavy (non-hydrogen) atoms. The summed E-state index contributed by atoms with van der Waals surface area (Å²) in [6, 6.07) is 0. The molecule has 0 saturated carbocycles. The molecule has 1 rings (SSSR count). The van der Waals surface area contributed by atoms with E-state index in [0.717, 1.165) is 0 Å². The SMILES string of the molecule is CC1=CCCCC(O[Si](C)(C)C)CC1. The van der Waals surface area contributed by atoms with Crippen molar-refractivity contribution in [1.82, 2.24) is 0 Å². The molecule has 1 nitrogen and oxygen atoms in total. The van der Waals surface area contributed by atoms with Crippen molar-refractivity contribution in [2.24, 2.45) is 0 Å². The van der Waals surface area contributed by atoms with Gasteiger partial charge in [0.25, 0.3) is 0 Å². The van der Waals surface area contributed by atoms with Crippen molar-refractivity contribution in [3.05, 3.63) is 11.6 Å². The van der Waals surface area contributed by atoms with Crippen LogP contribution in [0.15, 0.2) is 11.6 Å². The summed E-state index contributed by atoms with van der Waals surface area (Å²) in [5, 5.41) is 0. The van der Waals surface area contributed by atoms with Gasteiger partial charge in [-0.2, -0.15) is 0 Å². The normalized spacial score (nSPS) is 25.1. The Morgan fingerprint density at radius 2 is 2.00 bits per heavy atom. The van der Waals surface area contributed by atoms with Crippen LogP contribution in [0.2, 0.25) is 19.6 Å². The molecule has 2 heteroatoms. The lowest BCUT2D eigenvalue weighted by Gasteiger charge is -2.27. The highest BCUT2D eigenvalue weighted by Gasteiger charge is 2.21. The summed E-state index contributed by atoms with van der Waals surface area (Å²) < 4.78 is 6.17. The van der Waals surface area contributed by atoms with E-state index >= 15 is 0 Å².